The van der Waals surface area contributed by atoms with Gasteiger partial charge < -0.3 is 19.5 Å². The van der Waals surface area contributed by atoms with Gasteiger partial charge in [0.05, 0.1) is 13.2 Å². The molecule has 30 heavy (non-hydrogen) atoms. The van der Waals surface area contributed by atoms with Gasteiger partial charge in [-0.05, 0) is 69.5 Å². The number of esters is 1. The first-order valence-electron chi connectivity index (χ1n) is 10.0. The van der Waals surface area contributed by atoms with E-state index in [1.54, 1.807) is 25.1 Å². The minimum Gasteiger partial charge on any atom is -0.490 e. The zero-order chi connectivity index (χ0) is 22.1. The van der Waals surface area contributed by atoms with E-state index in [2.05, 4.69) is 5.32 Å². The lowest BCUT2D eigenvalue weighted by Gasteiger charge is -2.15. The number of carbonyl (C=O) groups is 2. The van der Waals surface area contributed by atoms with Crippen molar-refractivity contribution in [2.45, 2.75) is 40.7 Å². The van der Waals surface area contributed by atoms with Gasteiger partial charge in [0.25, 0.3) is 5.91 Å². The summed E-state index contributed by atoms with van der Waals surface area (Å²) in [6.07, 6.45) is 1.96. The highest BCUT2D eigenvalue weighted by Gasteiger charge is 2.18. The second-order valence-electron chi connectivity index (χ2n) is 6.74. The van der Waals surface area contributed by atoms with E-state index < -0.39 is 12.1 Å². The largest absolute Gasteiger partial charge is 0.490 e. The summed E-state index contributed by atoms with van der Waals surface area (Å²) in [4.78, 5) is 24.6. The van der Waals surface area contributed by atoms with Crippen molar-refractivity contribution in [3.8, 4) is 11.5 Å². The Bertz CT molecular complexity index is 900. The van der Waals surface area contributed by atoms with Gasteiger partial charge in [-0.1, -0.05) is 24.3 Å². The summed E-state index contributed by atoms with van der Waals surface area (Å²) in [5.41, 5.74) is 3.38. The van der Waals surface area contributed by atoms with Crippen molar-refractivity contribution in [2.24, 2.45) is 0 Å². The van der Waals surface area contributed by atoms with Crippen LogP contribution < -0.4 is 14.8 Å². The summed E-state index contributed by atoms with van der Waals surface area (Å²) in [5.74, 6) is 0.270. The Labute approximate surface area is 177 Å². The number of hydrogen-bond acceptors (Lipinski definition) is 5. The monoisotopic (exact) mass is 411 g/mol. The van der Waals surface area contributed by atoms with Gasteiger partial charge in [0, 0.05) is 11.8 Å². The first-order chi connectivity index (χ1) is 14.3. The Morgan fingerprint density at radius 2 is 1.63 bits per heavy atom. The lowest BCUT2D eigenvalue weighted by molar-refractivity contribution is -0.148. The van der Waals surface area contributed by atoms with Crippen LogP contribution in [0.3, 0.4) is 0 Å². The third kappa shape index (κ3) is 6.37. The van der Waals surface area contributed by atoms with Gasteiger partial charge in [0.15, 0.2) is 17.6 Å². The molecule has 2 aromatic rings. The molecule has 0 fully saturated rings. The predicted molar refractivity (Wildman–Crippen MR) is 118 cm³/mol. The number of aryl methyl sites for hydroxylation is 2. The summed E-state index contributed by atoms with van der Waals surface area (Å²) in [7, 11) is 0. The van der Waals surface area contributed by atoms with Crippen LogP contribution >= 0.6 is 0 Å². The van der Waals surface area contributed by atoms with E-state index in [-0.39, 0.29) is 5.91 Å². The average Bonchev–Trinajstić information content (AvgIpc) is 2.71. The van der Waals surface area contributed by atoms with E-state index in [4.69, 9.17) is 14.2 Å². The number of anilines is 1. The maximum absolute atomic E-state index is 12.4. The van der Waals surface area contributed by atoms with Crippen LogP contribution in [0.15, 0.2) is 42.5 Å². The van der Waals surface area contributed by atoms with Crippen molar-refractivity contribution in [3.63, 3.8) is 0 Å². The van der Waals surface area contributed by atoms with E-state index in [1.807, 2.05) is 52.0 Å². The Balaban J connectivity index is 1.99. The number of hydrogen-bond donors (Lipinski definition) is 1. The fourth-order valence-corrected chi connectivity index (χ4v) is 2.84. The van der Waals surface area contributed by atoms with E-state index in [0.29, 0.717) is 24.7 Å². The topological polar surface area (TPSA) is 73.9 Å². The van der Waals surface area contributed by atoms with Gasteiger partial charge in [0.1, 0.15) is 0 Å². The standard InChI is InChI=1S/C24H29NO5/c1-6-28-20-13-11-19(15-21(20)29-7-2)12-14-22(26)30-18(5)24(27)25-23-16(3)9-8-10-17(23)4/h8-15,18H,6-7H2,1-5H3,(H,25,27)/b14-12+/t18-/m0/s1. The summed E-state index contributed by atoms with van der Waals surface area (Å²) in [6.45, 7) is 10.2. The zero-order valence-corrected chi connectivity index (χ0v) is 18.2. The molecule has 0 aliphatic rings. The van der Waals surface area contributed by atoms with Crippen molar-refractivity contribution >= 4 is 23.6 Å². The van der Waals surface area contributed by atoms with E-state index >= 15 is 0 Å². The van der Waals surface area contributed by atoms with Crippen molar-refractivity contribution in [1.82, 2.24) is 0 Å². The number of amides is 1. The molecule has 2 rings (SSSR count). The molecule has 1 amide bonds. The van der Waals surface area contributed by atoms with E-state index in [0.717, 1.165) is 22.4 Å². The van der Waals surface area contributed by atoms with E-state index in [9.17, 15) is 9.59 Å². The maximum Gasteiger partial charge on any atom is 0.331 e. The fourth-order valence-electron chi connectivity index (χ4n) is 2.84. The lowest BCUT2D eigenvalue weighted by atomic mass is 10.1. The smallest absolute Gasteiger partial charge is 0.331 e. The van der Waals surface area contributed by atoms with Crippen LogP contribution in [0.4, 0.5) is 5.69 Å². The highest BCUT2D eigenvalue weighted by Crippen LogP contribution is 2.29. The van der Waals surface area contributed by atoms with Gasteiger partial charge in [-0.15, -0.1) is 0 Å². The first-order valence-corrected chi connectivity index (χ1v) is 10.0. The van der Waals surface area contributed by atoms with Crippen molar-refractivity contribution in [1.29, 1.82) is 0 Å². The normalized spacial score (nSPS) is 11.8. The number of benzene rings is 2. The number of carbonyl (C=O) groups excluding carboxylic acids is 2. The van der Waals surface area contributed by atoms with Crippen molar-refractivity contribution in [3.05, 3.63) is 59.2 Å². The molecule has 0 aromatic heterocycles. The molecule has 0 saturated heterocycles. The van der Waals surface area contributed by atoms with Gasteiger partial charge in [0.2, 0.25) is 0 Å². The van der Waals surface area contributed by atoms with Crippen LogP contribution in [0.5, 0.6) is 11.5 Å². The summed E-state index contributed by atoms with van der Waals surface area (Å²) in [6, 6.07) is 11.1. The SMILES string of the molecule is CCOc1ccc(/C=C/C(=O)O[C@@H](C)C(=O)Nc2c(C)cccc2C)cc1OCC. The van der Waals surface area contributed by atoms with Crippen LogP contribution in [0.25, 0.3) is 6.08 Å². The Kier molecular flexibility index (Phi) is 8.47. The Hall–Kier alpha value is -3.28. The predicted octanol–water partition coefficient (Wildman–Crippen LogP) is 4.68. The second-order valence-corrected chi connectivity index (χ2v) is 6.74. The highest BCUT2D eigenvalue weighted by molar-refractivity contribution is 5.97. The molecular formula is C24H29NO5. The van der Waals surface area contributed by atoms with Crippen LogP contribution in [-0.4, -0.2) is 31.2 Å². The van der Waals surface area contributed by atoms with Crippen molar-refractivity contribution < 1.29 is 23.8 Å². The molecule has 0 unspecified atom stereocenters. The molecule has 0 aliphatic heterocycles. The molecule has 6 heteroatoms. The van der Waals surface area contributed by atoms with Gasteiger partial charge in [-0.2, -0.15) is 0 Å². The van der Waals surface area contributed by atoms with Crippen LogP contribution in [0, 0.1) is 13.8 Å². The van der Waals surface area contributed by atoms with Gasteiger partial charge in [-0.25, -0.2) is 4.79 Å². The summed E-state index contributed by atoms with van der Waals surface area (Å²) >= 11 is 0. The minimum atomic E-state index is -0.930. The molecule has 1 atom stereocenters. The first kappa shape index (κ1) is 23.0. The third-order valence-electron chi connectivity index (χ3n) is 4.37. The minimum absolute atomic E-state index is 0.381. The second kappa shape index (κ2) is 11.0. The number of rotatable bonds is 9. The van der Waals surface area contributed by atoms with E-state index in [1.165, 1.54) is 6.08 Å². The number of nitrogens with one attached hydrogen (secondary N) is 1. The molecule has 0 aliphatic carbocycles. The van der Waals surface area contributed by atoms with Crippen LogP contribution in [-0.2, 0) is 14.3 Å². The number of para-hydroxylation sites is 1. The lowest BCUT2D eigenvalue weighted by Crippen LogP contribution is -2.30. The molecule has 0 heterocycles. The summed E-state index contributed by atoms with van der Waals surface area (Å²) in [5, 5.41) is 2.83. The molecule has 6 nitrogen and oxygen atoms in total. The maximum atomic E-state index is 12.4. The summed E-state index contributed by atoms with van der Waals surface area (Å²) < 4.78 is 16.3. The van der Waals surface area contributed by atoms with Crippen LogP contribution in [0.1, 0.15) is 37.5 Å². The van der Waals surface area contributed by atoms with Gasteiger partial charge >= 0.3 is 5.97 Å². The average molecular weight is 411 g/mol. The molecule has 0 spiro atoms. The molecule has 0 saturated carbocycles. The molecule has 0 radical (unpaired) electrons. The van der Waals surface area contributed by atoms with Crippen molar-refractivity contribution in [2.75, 3.05) is 18.5 Å². The Morgan fingerprint density at radius 1 is 1.00 bits per heavy atom. The quantitative estimate of drug-likeness (QED) is 0.479. The third-order valence-corrected chi connectivity index (χ3v) is 4.37. The molecular weight excluding hydrogens is 382 g/mol. The molecule has 1 N–H and O–H groups in total. The molecule has 160 valence electrons. The van der Waals surface area contributed by atoms with Gasteiger partial charge in [-0.3, -0.25) is 4.79 Å². The molecule has 2 aromatic carbocycles. The Morgan fingerprint density at radius 3 is 2.27 bits per heavy atom. The zero-order valence-electron chi connectivity index (χ0n) is 18.2. The molecule has 0 bridgehead atoms. The number of ether oxygens (including phenoxy) is 3. The fraction of sp³-hybridized carbons (Fsp3) is 0.333. The van der Waals surface area contributed by atoms with Crippen LogP contribution in [0.2, 0.25) is 0 Å². The highest BCUT2D eigenvalue weighted by atomic mass is 16.5.